The number of hydrogen-bond acceptors (Lipinski definition) is 1. The van der Waals surface area contributed by atoms with Crippen molar-refractivity contribution in [2.45, 2.75) is 19.5 Å². The molecule has 0 N–H and O–H groups in total. The lowest BCUT2D eigenvalue weighted by molar-refractivity contribution is 0.291. The minimum absolute atomic E-state index is 0.646. The van der Waals surface area contributed by atoms with Gasteiger partial charge in [0.05, 0.1) is 6.17 Å². The minimum Gasteiger partial charge on any atom is -0.309 e. The van der Waals surface area contributed by atoms with Crippen LogP contribution in [0.5, 0.6) is 0 Å². The average molecular weight is 119 g/mol. The Morgan fingerprint density at radius 3 is 2.12 bits per heavy atom. The van der Waals surface area contributed by atoms with Gasteiger partial charge in [-0.25, -0.2) is 4.39 Å². The molecule has 0 aromatic rings. The zero-order valence-corrected chi connectivity index (χ0v) is 5.82. The quantitative estimate of drug-likeness (QED) is 0.541. The summed E-state index contributed by atoms with van der Waals surface area (Å²) in [6.07, 6.45) is -0.00935. The first-order valence-corrected chi connectivity index (χ1v) is 2.91. The zero-order chi connectivity index (χ0) is 6.57. The molecule has 0 saturated carbocycles. The Kier molecular flexibility index (Phi) is 3.79. The van der Waals surface area contributed by atoms with E-state index in [0.29, 0.717) is 6.42 Å². The van der Waals surface area contributed by atoms with E-state index < -0.39 is 6.17 Å². The largest absolute Gasteiger partial charge is 0.309 e. The van der Waals surface area contributed by atoms with E-state index in [1.54, 1.807) is 6.92 Å². The van der Waals surface area contributed by atoms with Gasteiger partial charge in [0.15, 0.2) is 0 Å². The maximum Gasteiger partial charge on any atom is 0.0985 e. The maximum atomic E-state index is 12.0. The van der Waals surface area contributed by atoms with Gasteiger partial charge in [-0.2, -0.15) is 0 Å². The molecule has 0 heterocycles. The van der Waals surface area contributed by atoms with E-state index in [4.69, 9.17) is 0 Å². The van der Waals surface area contributed by atoms with Crippen molar-refractivity contribution in [1.82, 2.24) is 4.90 Å². The van der Waals surface area contributed by atoms with Crippen LogP contribution in [0.4, 0.5) is 4.39 Å². The summed E-state index contributed by atoms with van der Waals surface area (Å²) in [6, 6.07) is 0. The van der Waals surface area contributed by atoms with Crippen molar-refractivity contribution in [3.8, 4) is 0 Å². The molecule has 1 nitrogen and oxygen atoms in total. The van der Waals surface area contributed by atoms with Crippen LogP contribution in [0.2, 0.25) is 0 Å². The second-order valence-corrected chi connectivity index (χ2v) is 2.37. The first-order valence-electron chi connectivity index (χ1n) is 2.91. The molecule has 1 unspecified atom stereocenters. The van der Waals surface area contributed by atoms with Crippen LogP contribution in [0, 0.1) is 0 Å². The Morgan fingerprint density at radius 1 is 1.50 bits per heavy atom. The van der Waals surface area contributed by atoms with Gasteiger partial charge in [-0.1, -0.05) is 0 Å². The first kappa shape index (κ1) is 7.89. The molecule has 2 heteroatoms. The van der Waals surface area contributed by atoms with Crippen LogP contribution >= 0.6 is 0 Å². The van der Waals surface area contributed by atoms with Crippen LogP contribution in [0.15, 0.2) is 0 Å². The summed E-state index contributed by atoms with van der Waals surface area (Å²) in [4.78, 5) is 1.98. The van der Waals surface area contributed by atoms with E-state index in [9.17, 15) is 4.39 Å². The van der Waals surface area contributed by atoms with Crippen LogP contribution in [0.1, 0.15) is 13.3 Å². The van der Waals surface area contributed by atoms with E-state index in [1.807, 2.05) is 19.0 Å². The molecule has 0 saturated heterocycles. The monoisotopic (exact) mass is 119 g/mol. The van der Waals surface area contributed by atoms with Gasteiger partial charge >= 0.3 is 0 Å². The zero-order valence-electron chi connectivity index (χ0n) is 5.82. The summed E-state index contributed by atoms with van der Waals surface area (Å²) in [6.45, 7) is 2.43. The van der Waals surface area contributed by atoms with Crippen molar-refractivity contribution < 1.29 is 4.39 Å². The Hall–Kier alpha value is -0.110. The van der Waals surface area contributed by atoms with Crippen LogP contribution in [-0.2, 0) is 0 Å². The van der Waals surface area contributed by atoms with Gasteiger partial charge in [0.2, 0.25) is 0 Å². The van der Waals surface area contributed by atoms with Crippen molar-refractivity contribution in [2.75, 3.05) is 20.6 Å². The fourth-order valence-electron chi connectivity index (χ4n) is 0.436. The molecular formula is C6H14FN. The topological polar surface area (TPSA) is 3.24 Å². The highest BCUT2D eigenvalue weighted by atomic mass is 19.1. The summed E-state index contributed by atoms with van der Waals surface area (Å²) < 4.78 is 12.0. The van der Waals surface area contributed by atoms with E-state index in [-0.39, 0.29) is 0 Å². The Labute approximate surface area is 50.5 Å². The predicted molar refractivity (Wildman–Crippen MR) is 33.7 cm³/mol. The first-order chi connectivity index (χ1) is 3.63. The molecule has 8 heavy (non-hydrogen) atoms. The summed E-state index contributed by atoms with van der Waals surface area (Å²) >= 11 is 0. The highest BCUT2D eigenvalue weighted by molar-refractivity contribution is 4.49. The van der Waals surface area contributed by atoms with Gasteiger partial charge < -0.3 is 4.90 Å². The van der Waals surface area contributed by atoms with Crippen molar-refractivity contribution in [1.29, 1.82) is 0 Å². The molecule has 0 aromatic heterocycles. The number of hydrogen-bond donors (Lipinski definition) is 0. The SMILES string of the molecule is CC(F)CCN(C)C. The van der Waals surface area contributed by atoms with Gasteiger partial charge in [-0.05, 0) is 27.4 Å². The Balaban J connectivity index is 2.93. The fraction of sp³-hybridized carbons (Fsp3) is 1.00. The third-order valence-corrected chi connectivity index (χ3v) is 0.974. The van der Waals surface area contributed by atoms with Gasteiger partial charge in [0, 0.05) is 6.54 Å². The Morgan fingerprint density at radius 2 is 2.00 bits per heavy atom. The summed E-state index contributed by atoms with van der Waals surface area (Å²) in [5, 5.41) is 0. The molecule has 0 aromatic carbocycles. The molecular weight excluding hydrogens is 105 g/mol. The molecule has 0 aliphatic rings. The molecule has 0 spiro atoms. The van der Waals surface area contributed by atoms with Crippen LogP contribution in [0.25, 0.3) is 0 Å². The third-order valence-electron chi connectivity index (χ3n) is 0.974. The molecule has 1 atom stereocenters. The molecule has 0 aliphatic heterocycles. The second kappa shape index (κ2) is 3.84. The third kappa shape index (κ3) is 5.89. The number of alkyl halides is 1. The lowest BCUT2D eigenvalue weighted by Crippen LogP contribution is -2.15. The predicted octanol–water partition coefficient (Wildman–Crippen LogP) is 1.30. The highest BCUT2D eigenvalue weighted by Gasteiger charge is 1.96. The lowest BCUT2D eigenvalue weighted by atomic mass is 10.3. The van der Waals surface area contributed by atoms with Crippen molar-refractivity contribution >= 4 is 0 Å². The minimum atomic E-state index is -0.655. The summed E-state index contributed by atoms with van der Waals surface area (Å²) in [7, 11) is 3.89. The standard InChI is InChI=1S/C6H14FN/c1-6(7)4-5-8(2)3/h6H,4-5H2,1-3H3. The van der Waals surface area contributed by atoms with E-state index in [0.717, 1.165) is 6.54 Å². The van der Waals surface area contributed by atoms with Crippen molar-refractivity contribution in [3.05, 3.63) is 0 Å². The molecule has 0 rings (SSSR count). The molecule has 0 amide bonds. The second-order valence-electron chi connectivity index (χ2n) is 2.37. The van der Waals surface area contributed by atoms with Crippen LogP contribution < -0.4 is 0 Å². The molecule has 0 bridgehead atoms. The van der Waals surface area contributed by atoms with E-state index >= 15 is 0 Å². The normalized spacial score (nSPS) is 14.6. The summed E-state index contributed by atoms with van der Waals surface area (Å²) in [5.74, 6) is 0. The maximum absolute atomic E-state index is 12.0. The van der Waals surface area contributed by atoms with Gasteiger partial charge in [-0.3, -0.25) is 0 Å². The molecule has 0 radical (unpaired) electrons. The molecule has 0 fully saturated rings. The average Bonchev–Trinajstić information content (AvgIpc) is 1.61. The van der Waals surface area contributed by atoms with Crippen molar-refractivity contribution in [2.24, 2.45) is 0 Å². The van der Waals surface area contributed by atoms with Gasteiger partial charge in [0.25, 0.3) is 0 Å². The number of halogens is 1. The van der Waals surface area contributed by atoms with Crippen LogP contribution in [-0.4, -0.2) is 31.7 Å². The lowest BCUT2D eigenvalue weighted by Gasteiger charge is -2.08. The van der Waals surface area contributed by atoms with Crippen LogP contribution in [0.3, 0.4) is 0 Å². The van der Waals surface area contributed by atoms with E-state index in [1.165, 1.54) is 0 Å². The molecule has 50 valence electrons. The smallest absolute Gasteiger partial charge is 0.0985 e. The van der Waals surface area contributed by atoms with Crippen molar-refractivity contribution in [3.63, 3.8) is 0 Å². The molecule has 0 aliphatic carbocycles. The van der Waals surface area contributed by atoms with Gasteiger partial charge in [0.1, 0.15) is 0 Å². The summed E-state index contributed by atoms with van der Waals surface area (Å²) in [5.41, 5.74) is 0. The number of rotatable bonds is 3. The van der Waals surface area contributed by atoms with Gasteiger partial charge in [-0.15, -0.1) is 0 Å². The highest BCUT2D eigenvalue weighted by Crippen LogP contribution is 1.94. The van der Waals surface area contributed by atoms with E-state index in [2.05, 4.69) is 0 Å². The fourth-order valence-corrected chi connectivity index (χ4v) is 0.436. The Bertz CT molecular complexity index is 44.5. The number of nitrogens with zero attached hydrogens (tertiary/aromatic N) is 1.